The molecule has 2 aromatic rings. The van der Waals surface area contributed by atoms with E-state index in [-0.39, 0.29) is 5.56 Å². The fourth-order valence-electron chi connectivity index (χ4n) is 2.18. The fourth-order valence-corrected chi connectivity index (χ4v) is 2.36. The van der Waals surface area contributed by atoms with Gasteiger partial charge in [-0.1, -0.05) is 11.6 Å². The zero-order chi connectivity index (χ0) is 19.8. The van der Waals surface area contributed by atoms with Crippen LogP contribution in [0.2, 0.25) is 5.02 Å². The number of carbonyl (C=O) groups excluding carboxylic acids is 2. The van der Waals surface area contributed by atoms with Gasteiger partial charge in [0.25, 0.3) is 11.8 Å². The van der Waals surface area contributed by atoms with Crippen LogP contribution in [0.15, 0.2) is 42.5 Å². The molecule has 2 aromatic carbocycles. The highest BCUT2D eigenvalue weighted by atomic mass is 35.5. The molecule has 0 saturated carbocycles. The summed E-state index contributed by atoms with van der Waals surface area (Å²) in [6.45, 7) is 4.03. The van der Waals surface area contributed by atoms with Crippen molar-refractivity contribution >= 4 is 23.4 Å². The number of nitrogens with one attached hydrogen (secondary N) is 2. The van der Waals surface area contributed by atoms with Crippen LogP contribution in [-0.4, -0.2) is 31.6 Å². The highest BCUT2D eigenvalue weighted by Gasteiger charge is 2.18. The van der Waals surface area contributed by atoms with E-state index in [0.29, 0.717) is 28.9 Å². The van der Waals surface area contributed by atoms with Crippen molar-refractivity contribution in [1.29, 1.82) is 0 Å². The van der Waals surface area contributed by atoms with Gasteiger partial charge in [0.15, 0.2) is 6.10 Å². The van der Waals surface area contributed by atoms with Crippen LogP contribution in [0.1, 0.15) is 24.2 Å². The summed E-state index contributed by atoms with van der Waals surface area (Å²) in [6, 6.07) is 11.5. The summed E-state index contributed by atoms with van der Waals surface area (Å²) in [5.41, 5.74) is 4.83. The first-order chi connectivity index (χ1) is 12.9. The molecule has 1 atom stereocenters. The van der Waals surface area contributed by atoms with Crippen LogP contribution in [0, 0.1) is 0 Å². The lowest BCUT2D eigenvalue weighted by molar-refractivity contribution is -0.128. The number of benzene rings is 2. The Morgan fingerprint density at radius 2 is 1.74 bits per heavy atom. The second-order valence-electron chi connectivity index (χ2n) is 5.45. The van der Waals surface area contributed by atoms with E-state index in [9.17, 15) is 9.59 Å². The van der Waals surface area contributed by atoms with Gasteiger partial charge in [-0.05, 0) is 56.3 Å². The first-order valence-electron chi connectivity index (χ1n) is 8.27. The lowest BCUT2D eigenvalue weighted by Gasteiger charge is -2.16. The Morgan fingerprint density at radius 3 is 2.37 bits per heavy atom. The molecule has 0 aliphatic carbocycles. The van der Waals surface area contributed by atoms with E-state index in [1.807, 2.05) is 6.92 Å². The molecule has 1 unspecified atom stereocenters. The minimum atomic E-state index is -0.829. The molecule has 8 heteroatoms. The van der Waals surface area contributed by atoms with Crippen LogP contribution >= 0.6 is 11.6 Å². The number of rotatable bonds is 7. The zero-order valence-electron chi connectivity index (χ0n) is 15.2. The maximum atomic E-state index is 12.2. The molecule has 0 aliphatic rings. The number of hydrogen-bond donors (Lipinski definition) is 2. The summed E-state index contributed by atoms with van der Waals surface area (Å²) in [6.07, 6.45) is -0.829. The van der Waals surface area contributed by atoms with Crippen LogP contribution < -0.4 is 25.1 Å². The Bertz CT molecular complexity index is 795. The largest absolute Gasteiger partial charge is 0.496 e. The molecule has 144 valence electrons. The molecule has 7 nitrogen and oxygen atoms in total. The van der Waals surface area contributed by atoms with Crippen molar-refractivity contribution in [2.24, 2.45) is 0 Å². The number of hydrogen-bond acceptors (Lipinski definition) is 5. The minimum Gasteiger partial charge on any atom is -0.496 e. The summed E-state index contributed by atoms with van der Waals surface area (Å²) in [5, 5.41) is 0.375. The number of amides is 2. The summed E-state index contributed by atoms with van der Waals surface area (Å²) >= 11 is 5.90. The number of ether oxygens (including phenoxy) is 3. The normalized spacial score (nSPS) is 11.3. The molecule has 27 heavy (non-hydrogen) atoms. The van der Waals surface area contributed by atoms with Gasteiger partial charge in [-0.2, -0.15) is 0 Å². The SMILES string of the molecule is CCOc1ccc(OC(C)C(=O)NNC(=O)c2cc(Cl)ccc2OC)cc1. The van der Waals surface area contributed by atoms with Gasteiger partial charge in [0, 0.05) is 5.02 Å². The number of carbonyl (C=O) groups is 2. The molecule has 0 radical (unpaired) electrons. The maximum Gasteiger partial charge on any atom is 0.279 e. The van der Waals surface area contributed by atoms with Gasteiger partial charge in [-0.3, -0.25) is 20.4 Å². The van der Waals surface area contributed by atoms with Crippen LogP contribution in [-0.2, 0) is 4.79 Å². The van der Waals surface area contributed by atoms with Gasteiger partial charge in [0.1, 0.15) is 17.2 Å². The third-order valence-corrected chi connectivity index (χ3v) is 3.76. The number of methoxy groups -OCH3 is 1. The third-order valence-electron chi connectivity index (χ3n) is 3.52. The lowest BCUT2D eigenvalue weighted by Crippen LogP contribution is -2.47. The van der Waals surface area contributed by atoms with Crippen molar-refractivity contribution in [3.05, 3.63) is 53.1 Å². The Balaban J connectivity index is 1.91. The highest BCUT2D eigenvalue weighted by molar-refractivity contribution is 6.31. The van der Waals surface area contributed by atoms with Gasteiger partial charge in [-0.25, -0.2) is 0 Å². The van der Waals surface area contributed by atoms with Crippen LogP contribution in [0.5, 0.6) is 17.2 Å². The molecule has 0 spiro atoms. The quantitative estimate of drug-likeness (QED) is 0.707. The summed E-state index contributed by atoms with van der Waals surface area (Å²) in [5.74, 6) is 0.479. The topological polar surface area (TPSA) is 85.9 Å². The smallest absolute Gasteiger partial charge is 0.279 e. The van der Waals surface area contributed by atoms with E-state index >= 15 is 0 Å². The van der Waals surface area contributed by atoms with Crippen LogP contribution in [0.25, 0.3) is 0 Å². The molecule has 0 aromatic heterocycles. The molecule has 0 saturated heterocycles. The van der Waals surface area contributed by atoms with E-state index in [0.717, 1.165) is 0 Å². The molecule has 0 bridgehead atoms. The average molecular weight is 393 g/mol. The molecule has 2 rings (SSSR count). The lowest BCUT2D eigenvalue weighted by atomic mass is 10.2. The minimum absolute atomic E-state index is 0.199. The van der Waals surface area contributed by atoms with Crippen molar-refractivity contribution in [1.82, 2.24) is 10.9 Å². The predicted molar refractivity (Wildman–Crippen MR) is 101 cm³/mol. The second-order valence-corrected chi connectivity index (χ2v) is 5.89. The molecule has 2 N–H and O–H groups in total. The highest BCUT2D eigenvalue weighted by Crippen LogP contribution is 2.22. The van der Waals surface area contributed by atoms with Crippen molar-refractivity contribution in [3.63, 3.8) is 0 Å². The third kappa shape index (κ3) is 5.79. The predicted octanol–water partition coefficient (Wildman–Crippen LogP) is 2.98. The van der Waals surface area contributed by atoms with E-state index < -0.39 is 17.9 Å². The molecular weight excluding hydrogens is 372 g/mol. The van der Waals surface area contributed by atoms with Gasteiger partial charge in [0.05, 0.1) is 19.3 Å². The molecule has 0 fully saturated rings. The molecule has 0 aliphatic heterocycles. The first kappa shape index (κ1) is 20.4. The van der Waals surface area contributed by atoms with Crippen molar-refractivity contribution in [2.75, 3.05) is 13.7 Å². The average Bonchev–Trinajstić information content (AvgIpc) is 2.67. The Labute approximate surface area is 162 Å². The second kappa shape index (κ2) is 9.68. The van der Waals surface area contributed by atoms with Crippen LogP contribution in [0.4, 0.5) is 0 Å². The van der Waals surface area contributed by atoms with Gasteiger partial charge in [-0.15, -0.1) is 0 Å². The monoisotopic (exact) mass is 392 g/mol. The Morgan fingerprint density at radius 1 is 1.07 bits per heavy atom. The van der Waals surface area contributed by atoms with Crippen molar-refractivity contribution < 1.29 is 23.8 Å². The molecular formula is C19H21ClN2O5. The van der Waals surface area contributed by atoms with E-state index in [1.165, 1.54) is 13.2 Å². The van der Waals surface area contributed by atoms with Crippen molar-refractivity contribution in [3.8, 4) is 17.2 Å². The van der Waals surface area contributed by atoms with Crippen molar-refractivity contribution in [2.45, 2.75) is 20.0 Å². The first-order valence-corrected chi connectivity index (χ1v) is 8.65. The van der Waals surface area contributed by atoms with Gasteiger partial charge >= 0.3 is 0 Å². The summed E-state index contributed by atoms with van der Waals surface area (Å²) in [4.78, 5) is 24.4. The summed E-state index contributed by atoms with van der Waals surface area (Å²) < 4.78 is 16.0. The zero-order valence-corrected chi connectivity index (χ0v) is 16.0. The maximum absolute atomic E-state index is 12.2. The fraction of sp³-hybridized carbons (Fsp3) is 0.263. The Hall–Kier alpha value is -2.93. The molecule has 0 heterocycles. The standard InChI is InChI=1S/C19H21ClN2O5/c1-4-26-14-6-8-15(9-7-14)27-12(2)18(23)21-22-19(24)16-11-13(20)5-10-17(16)25-3/h5-12H,4H2,1-3H3,(H,21,23)(H,22,24). The van der Waals surface area contributed by atoms with E-state index in [4.69, 9.17) is 25.8 Å². The van der Waals surface area contributed by atoms with Crippen LogP contribution in [0.3, 0.4) is 0 Å². The number of halogens is 1. The Kier molecular flexibility index (Phi) is 7.31. The van der Waals surface area contributed by atoms with E-state index in [1.54, 1.807) is 43.3 Å². The number of hydrazine groups is 1. The van der Waals surface area contributed by atoms with Gasteiger partial charge < -0.3 is 14.2 Å². The molecule has 2 amide bonds. The summed E-state index contributed by atoms with van der Waals surface area (Å²) in [7, 11) is 1.44. The van der Waals surface area contributed by atoms with E-state index in [2.05, 4.69) is 10.9 Å². The van der Waals surface area contributed by atoms with Gasteiger partial charge in [0.2, 0.25) is 0 Å².